The van der Waals surface area contributed by atoms with Gasteiger partial charge in [-0.2, -0.15) is 0 Å². The zero-order chi connectivity index (χ0) is 13.7. The van der Waals surface area contributed by atoms with E-state index >= 15 is 0 Å². The van der Waals surface area contributed by atoms with Crippen LogP contribution >= 0.6 is 0 Å². The van der Waals surface area contributed by atoms with Gasteiger partial charge in [0.2, 0.25) is 0 Å². The van der Waals surface area contributed by atoms with Gasteiger partial charge in [0.25, 0.3) is 5.91 Å². The number of hydrogen-bond donors (Lipinski definition) is 2. The highest BCUT2D eigenvalue weighted by Gasteiger charge is 2.30. The molecule has 9 heteroatoms. The Kier molecular flexibility index (Phi) is 4.27. The second kappa shape index (κ2) is 5.68. The summed E-state index contributed by atoms with van der Waals surface area (Å²) in [6, 6.07) is 3.16. The molecule has 18 heavy (non-hydrogen) atoms. The summed E-state index contributed by atoms with van der Waals surface area (Å²) in [5.74, 6) is -1.08. The van der Waals surface area contributed by atoms with E-state index in [0.29, 0.717) is 0 Å². The summed E-state index contributed by atoms with van der Waals surface area (Å²) in [4.78, 5) is 29.8. The first-order chi connectivity index (χ1) is 8.45. The quantitative estimate of drug-likeness (QED) is 0.446. The van der Waals surface area contributed by atoms with Gasteiger partial charge in [0, 0.05) is 19.2 Å². The number of nitro groups is 2. The van der Waals surface area contributed by atoms with E-state index in [1.54, 1.807) is 0 Å². The summed E-state index contributed by atoms with van der Waals surface area (Å²) < 4.78 is 0. The fourth-order valence-corrected chi connectivity index (χ4v) is 1.07. The van der Waals surface area contributed by atoms with E-state index in [4.69, 9.17) is 5.73 Å². The summed E-state index contributed by atoms with van der Waals surface area (Å²) in [6.45, 7) is 2.50. The normalized spacial score (nSPS) is 12.0. The predicted molar refractivity (Wildman–Crippen MR) is 61.1 cm³/mol. The van der Waals surface area contributed by atoms with Crippen molar-refractivity contribution in [2.75, 3.05) is 13.1 Å². The smallest absolute Gasteiger partial charge is 0.358 e. The third kappa shape index (κ3) is 3.49. The number of nitrogens with zero attached hydrogens (tertiary/aromatic N) is 2. The van der Waals surface area contributed by atoms with Crippen molar-refractivity contribution in [3.05, 3.63) is 44.0 Å². The monoisotopic (exact) mass is 254 g/mol. The Labute approximate surface area is 101 Å². The first-order valence-corrected chi connectivity index (χ1v) is 4.87. The van der Waals surface area contributed by atoms with Gasteiger partial charge in [0.15, 0.2) is 0 Å². The Morgan fingerprint density at radius 2 is 1.78 bits per heavy atom. The molecule has 0 saturated carbocycles. The molecule has 1 aliphatic rings. The predicted octanol–water partition coefficient (Wildman–Crippen LogP) is 0.192. The lowest BCUT2D eigenvalue weighted by Crippen LogP contribution is -2.14. The van der Waals surface area contributed by atoms with Crippen LogP contribution in [0.5, 0.6) is 0 Å². The van der Waals surface area contributed by atoms with E-state index in [1.807, 2.05) is 0 Å². The van der Waals surface area contributed by atoms with E-state index in [0.717, 1.165) is 18.2 Å². The molecule has 1 heterocycles. The first kappa shape index (κ1) is 13.5. The number of para-hydroxylation sites is 1. The Morgan fingerprint density at radius 3 is 2.11 bits per heavy atom. The number of hydrogen-bond acceptors (Lipinski definition) is 6. The molecule has 1 saturated heterocycles. The molecule has 0 bridgehead atoms. The minimum atomic E-state index is -1.08. The van der Waals surface area contributed by atoms with Gasteiger partial charge in [-0.05, 0) is 6.07 Å². The van der Waals surface area contributed by atoms with Crippen LogP contribution in [0.1, 0.15) is 10.4 Å². The summed E-state index contributed by atoms with van der Waals surface area (Å²) in [7, 11) is 0. The van der Waals surface area contributed by atoms with Gasteiger partial charge < -0.3 is 11.1 Å². The fourth-order valence-electron chi connectivity index (χ4n) is 1.07. The summed E-state index contributed by atoms with van der Waals surface area (Å²) in [5.41, 5.74) is 2.74. The Hall–Kier alpha value is -2.55. The molecule has 0 spiro atoms. The van der Waals surface area contributed by atoms with Gasteiger partial charge in [-0.15, -0.1) is 0 Å². The van der Waals surface area contributed by atoms with Crippen LogP contribution in [0.4, 0.5) is 11.4 Å². The van der Waals surface area contributed by atoms with Gasteiger partial charge in [0.05, 0.1) is 9.85 Å². The lowest BCUT2D eigenvalue weighted by molar-refractivity contribution is -0.422. The van der Waals surface area contributed by atoms with Crippen molar-refractivity contribution in [1.82, 2.24) is 5.32 Å². The lowest BCUT2D eigenvalue weighted by Gasteiger charge is -1.98. The number of benzene rings is 1. The maximum atomic E-state index is 10.8. The van der Waals surface area contributed by atoms with Gasteiger partial charge in [-0.25, -0.2) is 0 Å². The van der Waals surface area contributed by atoms with E-state index in [2.05, 4.69) is 5.32 Å². The van der Waals surface area contributed by atoms with E-state index in [9.17, 15) is 25.0 Å². The van der Waals surface area contributed by atoms with Crippen molar-refractivity contribution in [3.63, 3.8) is 0 Å². The van der Waals surface area contributed by atoms with Gasteiger partial charge in [0.1, 0.15) is 5.56 Å². The van der Waals surface area contributed by atoms with E-state index < -0.39 is 32.7 Å². The second-order valence-corrected chi connectivity index (χ2v) is 3.30. The molecule has 2 rings (SSSR count). The van der Waals surface area contributed by atoms with Crippen LogP contribution in [-0.2, 0) is 0 Å². The van der Waals surface area contributed by atoms with Crippen LogP contribution in [0.15, 0.2) is 18.2 Å². The minimum absolute atomic E-state index is 0.478. The van der Waals surface area contributed by atoms with Crippen LogP contribution in [0.2, 0.25) is 0 Å². The van der Waals surface area contributed by atoms with E-state index in [-0.39, 0.29) is 0 Å². The molecule has 3 N–H and O–H groups in total. The molecule has 96 valence electrons. The Morgan fingerprint density at radius 1 is 1.22 bits per heavy atom. The average molecular weight is 254 g/mol. The fraction of sp³-hybridized carbons (Fsp3) is 0.222. The highest BCUT2D eigenvalue weighted by atomic mass is 16.6. The van der Waals surface area contributed by atoms with Crippen molar-refractivity contribution in [1.29, 1.82) is 0 Å². The largest absolute Gasteiger partial charge is 0.365 e. The van der Waals surface area contributed by atoms with Crippen molar-refractivity contribution in [2.45, 2.75) is 0 Å². The maximum absolute atomic E-state index is 10.8. The molecule has 0 radical (unpaired) electrons. The highest BCUT2D eigenvalue weighted by molar-refractivity contribution is 5.98. The van der Waals surface area contributed by atoms with Crippen LogP contribution in [0.25, 0.3) is 0 Å². The van der Waals surface area contributed by atoms with Crippen molar-refractivity contribution in [3.8, 4) is 0 Å². The zero-order valence-corrected chi connectivity index (χ0v) is 9.16. The molecule has 0 unspecified atom stereocenters. The molecule has 9 nitrogen and oxygen atoms in total. The molecule has 0 atom stereocenters. The SMILES string of the molecule is C1CN1.NC(=O)c1cccc([N+](=O)[O-])c1[N+](=O)[O-]. The van der Waals surface area contributed by atoms with Crippen LogP contribution in [-0.4, -0.2) is 28.8 Å². The number of rotatable bonds is 3. The van der Waals surface area contributed by atoms with Gasteiger partial charge in [-0.1, -0.05) is 6.07 Å². The molecule has 1 amide bonds. The average Bonchev–Trinajstić information content (AvgIpc) is 3.15. The molecule has 1 aliphatic heterocycles. The molecule has 1 aromatic carbocycles. The van der Waals surface area contributed by atoms with Gasteiger partial charge in [-0.3, -0.25) is 25.0 Å². The summed E-state index contributed by atoms with van der Waals surface area (Å²) in [5, 5.41) is 24.0. The standard InChI is InChI=1S/C7H5N3O5.C2H5N/c8-7(11)4-2-1-3-5(9(12)13)6(4)10(14)15;1-2-3-1/h1-3H,(H2,8,11);3H,1-2H2. The number of nitrogens with two attached hydrogens (primary N) is 1. The number of nitro benzene ring substituents is 2. The third-order valence-corrected chi connectivity index (χ3v) is 1.91. The molecular weight excluding hydrogens is 244 g/mol. The number of carbonyl (C=O) groups excluding carboxylic acids is 1. The zero-order valence-electron chi connectivity index (χ0n) is 9.16. The number of amides is 1. The minimum Gasteiger partial charge on any atom is -0.365 e. The van der Waals surface area contributed by atoms with Crippen LogP contribution < -0.4 is 11.1 Å². The Bertz CT molecular complexity index is 465. The van der Waals surface area contributed by atoms with E-state index in [1.165, 1.54) is 13.1 Å². The highest BCUT2D eigenvalue weighted by Crippen LogP contribution is 2.29. The first-order valence-electron chi connectivity index (χ1n) is 4.87. The number of primary amides is 1. The molecular formula is C9H10N4O5. The van der Waals surface area contributed by atoms with Crippen LogP contribution in [0, 0.1) is 20.2 Å². The molecule has 0 aromatic heterocycles. The van der Waals surface area contributed by atoms with Crippen molar-refractivity contribution >= 4 is 17.3 Å². The molecule has 1 fully saturated rings. The van der Waals surface area contributed by atoms with Gasteiger partial charge >= 0.3 is 11.4 Å². The van der Waals surface area contributed by atoms with Crippen molar-refractivity contribution in [2.24, 2.45) is 5.73 Å². The molecule has 0 aliphatic carbocycles. The maximum Gasteiger partial charge on any atom is 0.358 e. The van der Waals surface area contributed by atoms with Crippen molar-refractivity contribution < 1.29 is 14.6 Å². The number of carbonyl (C=O) groups is 1. The Balaban J connectivity index is 0.000000468. The number of nitrogens with one attached hydrogen (secondary N) is 1. The lowest BCUT2D eigenvalue weighted by atomic mass is 10.1. The topological polar surface area (TPSA) is 151 Å². The second-order valence-electron chi connectivity index (χ2n) is 3.30. The van der Waals surface area contributed by atoms with Crippen LogP contribution in [0.3, 0.4) is 0 Å². The summed E-state index contributed by atoms with van der Waals surface area (Å²) in [6.07, 6.45) is 0. The third-order valence-electron chi connectivity index (χ3n) is 1.91. The summed E-state index contributed by atoms with van der Waals surface area (Å²) >= 11 is 0. The molecule has 1 aromatic rings.